The minimum absolute atomic E-state index is 0.210. The standard InChI is InChI=1S/C15H33N3/c1-12-10-15(4,11-14(2,3)18-12)13(17)8-6-5-7-9-16/h12-13,18H,5-11,16-17H2,1-4H3. The van der Waals surface area contributed by atoms with Gasteiger partial charge in [-0.1, -0.05) is 19.8 Å². The molecule has 0 bridgehead atoms. The Bertz CT molecular complexity index is 252. The van der Waals surface area contributed by atoms with Crippen molar-refractivity contribution in [3.05, 3.63) is 0 Å². The second-order valence-corrected chi connectivity index (χ2v) is 7.21. The normalized spacial score (nSPS) is 33.3. The first-order valence-corrected chi connectivity index (χ1v) is 7.52. The van der Waals surface area contributed by atoms with Gasteiger partial charge in [-0.3, -0.25) is 0 Å². The third-order valence-electron chi connectivity index (χ3n) is 4.37. The van der Waals surface area contributed by atoms with Crippen molar-refractivity contribution in [3.8, 4) is 0 Å². The lowest BCUT2D eigenvalue weighted by Crippen LogP contribution is -2.58. The van der Waals surface area contributed by atoms with Gasteiger partial charge < -0.3 is 16.8 Å². The fourth-order valence-corrected chi connectivity index (χ4v) is 3.87. The number of hydrogen-bond donors (Lipinski definition) is 3. The molecule has 1 saturated heterocycles. The second-order valence-electron chi connectivity index (χ2n) is 7.21. The van der Waals surface area contributed by atoms with Crippen LogP contribution in [0.2, 0.25) is 0 Å². The van der Waals surface area contributed by atoms with E-state index in [2.05, 4.69) is 33.0 Å². The maximum absolute atomic E-state index is 6.49. The molecule has 0 aliphatic carbocycles. The number of rotatable bonds is 6. The molecule has 0 saturated carbocycles. The van der Waals surface area contributed by atoms with Crippen LogP contribution >= 0.6 is 0 Å². The first kappa shape index (κ1) is 15.9. The maximum atomic E-state index is 6.49. The molecule has 3 nitrogen and oxygen atoms in total. The Morgan fingerprint density at radius 2 is 1.89 bits per heavy atom. The van der Waals surface area contributed by atoms with Crippen LogP contribution < -0.4 is 16.8 Å². The van der Waals surface area contributed by atoms with E-state index in [1.807, 2.05) is 0 Å². The Kier molecular flexibility index (Phi) is 5.63. The minimum Gasteiger partial charge on any atom is -0.330 e. The van der Waals surface area contributed by atoms with E-state index in [0.717, 1.165) is 19.4 Å². The smallest absolute Gasteiger partial charge is 0.0133 e. The average molecular weight is 255 g/mol. The Labute approximate surface area is 113 Å². The van der Waals surface area contributed by atoms with E-state index in [4.69, 9.17) is 11.5 Å². The van der Waals surface area contributed by atoms with Gasteiger partial charge in [-0.05, 0) is 58.4 Å². The van der Waals surface area contributed by atoms with Gasteiger partial charge in [-0.2, -0.15) is 0 Å². The van der Waals surface area contributed by atoms with E-state index >= 15 is 0 Å². The molecule has 5 N–H and O–H groups in total. The van der Waals surface area contributed by atoms with Crippen LogP contribution in [0.25, 0.3) is 0 Å². The molecular formula is C15H33N3. The van der Waals surface area contributed by atoms with E-state index in [1.54, 1.807) is 0 Å². The van der Waals surface area contributed by atoms with Crippen molar-refractivity contribution in [2.24, 2.45) is 16.9 Å². The second kappa shape index (κ2) is 6.36. The van der Waals surface area contributed by atoms with Gasteiger partial charge in [0.25, 0.3) is 0 Å². The third kappa shape index (κ3) is 4.52. The summed E-state index contributed by atoms with van der Waals surface area (Å²) >= 11 is 0. The molecule has 1 heterocycles. The summed E-state index contributed by atoms with van der Waals surface area (Å²) < 4.78 is 0. The molecule has 0 aromatic heterocycles. The summed E-state index contributed by atoms with van der Waals surface area (Å²) in [7, 11) is 0. The van der Waals surface area contributed by atoms with Crippen LogP contribution in [0.3, 0.4) is 0 Å². The molecule has 1 aliphatic heterocycles. The Morgan fingerprint density at radius 1 is 1.22 bits per heavy atom. The molecule has 1 aliphatic rings. The lowest BCUT2D eigenvalue weighted by Gasteiger charge is -2.49. The van der Waals surface area contributed by atoms with Gasteiger partial charge in [0, 0.05) is 17.6 Å². The van der Waals surface area contributed by atoms with Crippen LogP contribution in [0, 0.1) is 5.41 Å². The van der Waals surface area contributed by atoms with Crippen molar-refractivity contribution in [2.75, 3.05) is 6.54 Å². The monoisotopic (exact) mass is 255 g/mol. The minimum atomic E-state index is 0.210. The fraction of sp³-hybridized carbons (Fsp3) is 1.00. The Hall–Kier alpha value is -0.120. The lowest BCUT2D eigenvalue weighted by molar-refractivity contribution is 0.0768. The first-order chi connectivity index (χ1) is 8.29. The summed E-state index contributed by atoms with van der Waals surface area (Å²) in [6.07, 6.45) is 7.07. The zero-order valence-electron chi connectivity index (χ0n) is 12.8. The molecule has 1 rings (SSSR count). The summed E-state index contributed by atoms with van der Waals surface area (Å²) in [5.74, 6) is 0. The zero-order valence-corrected chi connectivity index (χ0v) is 12.8. The van der Waals surface area contributed by atoms with Crippen molar-refractivity contribution in [3.63, 3.8) is 0 Å². The van der Waals surface area contributed by atoms with Gasteiger partial charge in [0.05, 0.1) is 0 Å². The number of unbranched alkanes of at least 4 members (excludes halogenated alkanes) is 2. The van der Waals surface area contributed by atoms with Gasteiger partial charge in [0.15, 0.2) is 0 Å². The molecule has 0 aromatic rings. The number of nitrogens with two attached hydrogens (primary N) is 2. The van der Waals surface area contributed by atoms with Crippen LogP contribution in [0.15, 0.2) is 0 Å². The molecule has 18 heavy (non-hydrogen) atoms. The van der Waals surface area contributed by atoms with Gasteiger partial charge in [0.2, 0.25) is 0 Å². The van der Waals surface area contributed by atoms with Crippen LogP contribution in [0.4, 0.5) is 0 Å². The lowest BCUT2D eigenvalue weighted by atomic mass is 9.66. The molecule has 0 aromatic carbocycles. The van der Waals surface area contributed by atoms with Crippen LogP contribution in [-0.4, -0.2) is 24.2 Å². The quantitative estimate of drug-likeness (QED) is 0.639. The van der Waals surface area contributed by atoms with E-state index in [-0.39, 0.29) is 11.0 Å². The number of piperidine rings is 1. The Morgan fingerprint density at radius 3 is 2.44 bits per heavy atom. The first-order valence-electron chi connectivity index (χ1n) is 7.52. The van der Waals surface area contributed by atoms with E-state index in [9.17, 15) is 0 Å². The molecular weight excluding hydrogens is 222 g/mol. The van der Waals surface area contributed by atoms with Crippen molar-refractivity contribution >= 4 is 0 Å². The van der Waals surface area contributed by atoms with Gasteiger partial charge in [0.1, 0.15) is 0 Å². The van der Waals surface area contributed by atoms with E-state index in [1.165, 1.54) is 25.7 Å². The van der Waals surface area contributed by atoms with Crippen LogP contribution in [0.1, 0.15) is 66.2 Å². The predicted molar refractivity (Wildman–Crippen MR) is 79.5 cm³/mol. The predicted octanol–water partition coefficient (Wildman–Crippen LogP) is 2.39. The largest absolute Gasteiger partial charge is 0.330 e. The summed E-state index contributed by atoms with van der Waals surface area (Å²) in [6, 6.07) is 0.882. The van der Waals surface area contributed by atoms with Crippen molar-refractivity contribution in [1.82, 2.24) is 5.32 Å². The molecule has 108 valence electrons. The highest BCUT2D eigenvalue weighted by molar-refractivity contribution is 5.00. The highest BCUT2D eigenvalue weighted by Crippen LogP contribution is 2.41. The summed E-state index contributed by atoms with van der Waals surface area (Å²) in [5, 5.41) is 3.67. The molecule has 1 fully saturated rings. The van der Waals surface area contributed by atoms with Crippen molar-refractivity contribution in [1.29, 1.82) is 0 Å². The number of nitrogens with one attached hydrogen (secondary N) is 1. The van der Waals surface area contributed by atoms with Gasteiger partial charge in [-0.15, -0.1) is 0 Å². The van der Waals surface area contributed by atoms with Crippen LogP contribution in [0.5, 0.6) is 0 Å². The molecule has 0 radical (unpaired) electrons. The summed E-state index contributed by atoms with van der Waals surface area (Å²) in [5.41, 5.74) is 12.5. The van der Waals surface area contributed by atoms with Gasteiger partial charge in [-0.25, -0.2) is 0 Å². The highest BCUT2D eigenvalue weighted by atomic mass is 15.0. The topological polar surface area (TPSA) is 64.1 Å². The molecule has 3 heteroatoms. The van der Waals surface area contributed by atoms with E-state index < -0.39 is 0 Å². The molecule has 3 unspecified atom stereocenters. The van der Waals surface area contributed by atoms with Gasteiger partial charge >= 0.3 is 0 Å². The molecule has 0 spiro atoms. The van der Waals surface area contributed by atoms with Crippen LogP contribution in [-0.2, 0) is 0 Å². The SMILES string of the molecule is CC1CC(C)(C(N)CCCCCN)CC(C)(C)N1. The third-order valence-corrected chi connectivity index (χ3v) is 4.37. The zero-order chi connectivity index (χ0) is 13.8. The van der Waals surface area contributed by atoms with Crippen molar-refractivity contribution in [2.45, 2.75) is 83.8 Å². The molecule has 0 amide bonds. The molecule has 3 atom stereocenters. The Balaban J connectivity index is 2.50. The average Bonchev–Trinajstić information content (AvgIpc) is 2.20. The number of hydrogen-bond acceptors (Lipinski definition) is 3. The summed E-state index contributed by atoms with van der Waals surface area (Å²) in [6.45, 7) is 10.0. The fourth-order valence-electron chi connectivity index (χ4n) is 3.87. The maximum Gasteiger partial charge on any atom is 0.0133 e. The van der Waals surface area contributed by atoms with E-state index in [0.29, 0.717) is 12.1 Å². The van der Waals surface area contributed by atoms with Crippen molar-refractivity contribution < 1.29 is 0 Å². The summed E-state index contributed by atoms with van der Waals surface area (Å²) in [4.78, 5) is 0. The highest BCUT2D eigenvalue weighted by Gasteiger charge is 2.42.